The molecule has 0 radical (unpaired) electrons. The standard InChI is InChI=1S/C30H47O7P.C21H27NO/c1-25(2)21-8-11-30(7)23(28(21,5)10-9-22(25)37-38(34,35)36)20(31)16-18-19-17-27(4,24(32)33)13-12-26(19,3)14-15-29(18,30)6;1-18(22-14-8-3-9-15-22)17-23-21-13-7-6-12-20(21)16-19-10-4-2-5-11-19/h16,19,21-23H,8-15,17H2,1-7H3,(H,32,33)(H2,34,35,36);2,4-7,10-13,18H,3,8-9,14-17H2,1H3/t19-,21-,22-,23+,26+,27-,28-,29+,30+;/m0./s1. The van der Waals surface area contributed by atoms with Crippen LogP contribution in [0.15, 0.2) is 66.2 Å². The Balaban J connectivity index is 0.000000208. The van der Waals surface area contributed by atoms with Crippen molar-refractivity contribution in [3.63, 3.8) is 0 Å². The maximum atomic E-state index is 14.3. The number of carboxylic acids is 1. The minimum Gasteiger partial charge on any atom is -0.492 e. The molecule has 4 saturated carbocycles. The quantitative estimate of drug-likeness (QED) is 0.211. The van der Waals surface area contributed by atoms with E-state index in [9.17, 15) is 29.0 Å². The molecule has 0 bridgehead atoms. The molecule has 9 nitrogen and oxygen atoms in total. The predicted octanol–water partition coefficient (Wildman–Crippen LogP) is 11.1. The van der Waals surface area contributed by atoms with Crippen molar-refractivity contribution in [1.29, 1.82) is 0 Å². The van der Waals surface area contributed by atoms with Crippen molar-refractivity contribution >= 4 is 19.6 Å². The number of para-hydroxylation sites is 1. The molecule has 1 unspecified atom stereocenters. The van der Waals surface area contributed by atoms with E-state index in [1.54, 1.807) is 0 Å². The van der Waals surface area contributed by atoms with Gasteiger partial charge in [-0.15, -0.1) is 0 Å². The van der Waals surface area contributed by atoms with E-state index in [2.05, 4.69) is 108 Å². The number of fused-ring (bicyclic) bond motifs is 7. The normalized spacial score (nSPS) is 37.6. The number of ether oxygens (including phenoxy) is 1. The van der Waals surface area contributed by atoms with Gasteiger partial charge in [-0.25, -0.2) is 4.57 Å². The zero-order valence-electron chi connectivity index (χ0n) is 38.3. The second-order valence-electron chi connectivity index (χ2n) is 22.0. The van der Waals surface area contributed by atoms with Gasteiger partial charge in [0.25, 0.3) is 0 Å². The number of carbonyl (C=O) groups is 2. The maximum Gasteiger partial charge on any atom is 0.469 e. The topological polar surface area (TPSA) is 134 Å². The fourth-order valence-corrected chi connectivity index (χ4v) is 14.7. The lowest BCUT2D eigenvalue weighted by molar-refractivity contribution is -0.200. The molecule has 61 heavy (non-hydrogen) atoms. The second kappa shape index (κ2) is 17.0. The summed E-state index contributed by atoms with van der Waals surface area (Å²) in [6.45, 7) is 20.7. The molecule has 3 N–H and O–H groups in total. The van der Waals surface area contributed by atoms with Crippen LogP contribution in [0.4, 0.5) is 0 Å². The highest BCUT2D eigenvalue weighted by Crippen LogP contribution is 2.75. The number of aliphatic carboxylic acids is 1. The molecule has 1 aliphatic heterocycles. The molecule has 8 rings (SSSR count). The number of ketones is 1. The van der Waals surface area contributed by atoms with Gasteiger partial charge in [0.2, 0.25) is 0 Å². The van der Waals surface area contributed by atoms with Gasteiger partial charge in [-0.3, -0.25) is 19.0 Å². The highest BCUT2D eigenvalue weighted by Gasteiger charge is 2.70. The van der Waals surface area contributed by atoms with E-state index < -0.39 is 30.7 Å². The monoisotopic (exact) mass is 860 g/mol. The van der Waals surface area contributed by atoms with Crippen molar-refractivity contribution in [3.05, 3.63) is 77.4 Å². The minimum atomic E-state index is -4.62. The Kier molecular flexibility index (Phi) is 12.8. The first-order valence-electron chi connectivity index (χ1n) is 23.3. The smallest absolute Gasteiger partial charge is 0.469 e. The fraction of sp³-hybridized carbons (Fsp3) is 0.686. The van der Waals surface area contributed by atoms with Crippen LogP contribution in [0.3, 0.4) is 0 Å². The molecule has 0 spiro atoms. The molecule has 10 atom stereocenters. The lowest BCUT2D eigenvalue weighted by Gasteiger charge is -2.70. The number of carboxylic acid groups (broad SMARTS) is 1. The molecule has 0 amide bonds. The maximum absolute atomic E-state index is 14.3. The van der Waals surface area contributed by atoms with Gasteiger partial charge in [-0.1, -0.05) is 102 Å². The van der Waals surface area contributed by atoms with E-state index in [4.69, 9.17) is 9.26 Å². The van der Waals surface area contributed by atoms with E-state index in [1.165, 1.54) is 49.1 Å². The van der Waals surface area contributed by atoms with Gasteiger partial charge >= 0.3 is 13.8 Å². The summed E-state index contributed by atoms with van der Waals surface area (Å²) in [5.41, 5.74) is 1.79. The zero-order valence-corrected chi connectivity index (χ0v) is 39.1. The minimum absolute atomic E-state index is 0.0187. The van der Waals surface area contributed by atoms with Crippen LogP contribution in [-0.4, -0.2) is 63.4 Å². The first-order chi connectivity index (χ1) is 28.6. The first-order valence-corrected chi connectivity index (χ1v) is 24.8. The van der Waals surface area contributed by atoms with Crippen LogP contribution in [0, 0.1) is 50.2 Å². The Hall–Kier alpha value is -2.81. The SMILES string of the molecule is CC(COc1ccccc1Cc1ccccc1)N1CCCCC1.CC1(C)[C@@H](OP(=O)(O)O)CC[C@]2(C)[C@H]3C(=O)C=C4[C@@H]5C[C@@](C)(C(=O)O)CC[C@]5(C)CC[C@@]4(C)[C@]3(C)CC[C@@H]12. The highest BCUT2D eigenvalue weighted by atomic mass is 31.2. The van der Waals surface area contributed by atoms with Crippen LogP contribution in [-0.2, 0) is 25.1 Å². The van der Waals surface area contributed by atoms with Crippen LogP contribution < -0.4 is 4.74 Å². The molecule has 1 heterocycles. The molecular formula is C51H74NO8P. The number of rotatable bonds is 9. The Morgan fingerprint density at radius 3 is 2.18 bits per heavy atom. The van der Waals surface area contributed by atoms with Gasteiger partial charge in [-0.2, -0.15) is 0 Å². The average molecular weight is 860 g/mol. The molecule has 1 saturated heterocycles. The molecule has 5 aliphatic carbocycles. The van der Waals surface area contributed by atoms with Gasteiger partial charge in [0.1, 0.15) is 12.4 Å². The number of piperidine rings is 1. The third-order valence-corrected chi connectivity index (χ3v) is 18.5. The van der Waals surface area contributed by atoms with Crippen molar-refractivity contribution in [2.45, 2.75) is 151 Å². The van der Waals surface area contributed by atoms with Crippen molar-refractivity contribution < 1.29 is 38.3 Å². The summed E-state index contributed by atoms with van der Waals surface area (Å²) in [6, 6.07) is 19.5. The van der Waals surface area contributed by atoms with Gasteiger partial charge in [0, 0.05) is 18.4 Å². The van der Waals surface area contributed by atoms with Gasteiger partial charge in [0.05, 0.1) is 11.5 Å². The Morgan fingerprint density at radius 1 is 0.852 bits per heavy atom. The summed E-state index contributed by atoms with van der Waals surface area (Å²) in [5.74, 6) is 0.469. The lowest BCUT2D eigenvalue weighted by atomic mass is 9.33. The van der Waals surface area contributed by atoms with Gasteiger partial charge in [0.15, 0.2) is 5.78 Å². The summed E-state index contributed by atoms with van der Waals surface area (Å²) in [6.07, 6.45) is 13.5. The number of hydrogen-bond donors (Lipinski definition) is 3. The van der Waals surface area contributed by atoms with Crippen molar-refractivity contribution in [3.8, 4) is 5.75 Å². The van der Waals surface area contributed by atoms with E-state index >= 15 is 0 Å². The molecule has 336 valence electrons. The number of carbonyl (C=O) groups excluding carboxylic acids is 1. The number of benzene rings is 2. The molecule has 6 aliphatic rings. The van der Waals surface area contributed by atoms with Crippen molar-refractivity contribution in [1.82, 2.24) is 4.90 Å². The number of nitrogens with zero attached hydrogens (tertiary/aromatic N) is 1. The van der Waals surface area contributed by atoms with Crippen LogP contribution >= 0.6 is 7.82 Å². The molecule has 2 aromatic rings. The first kappa shape index (κ1) is 46.2. The third kappa shape index (κ3) is 8.62. The number of hydrogen-bond acceptors (Lipinski definition) is 6. The van der Waals surface area contributed by atoms with Crippen LogP contribution in [0.1, 0.15) is 144 Å². The number of likely N-dealkylation sites (tertiary alicyclic amines) is 1. The van der Waals surface area contributed by atoms with E-state index in [1.807, 2.05) is 13.0 Å². The van der Waals surface area contributed by atoms with Crippen LogP contribution in [0.5, 0.6) is 5.75 Å². The average Bonchev–Trinajstić information content (AvgIpc) is 3.20. The Labute approximate surface area is 365 Å². The second-order valence-corrected chi connectivity index (χ2v) is 23.2. The number of phosphoric acid groups is 1. The number of phosphoric ester groups is 1. The highest BCUT2D eigenvalue weighted by molar-refractivity contribution is 7.46. The van der Waals surface area contributed by atoms with Crippen LogP contribution in [0.25, 0.3) is 0 Å². The number of allylic oxidation sites excluding steroid dienone is 2. The van der Waals surface area contributed by atoms with Crippen molar-refractivity contribution in [2.24, 2.45) is 50.2 Å². The van der Waals surface area contributed by atoms with Crippen molar-refractivity contribution in [2.75, 3.05) is 19.7 Å². The summed E-state index contributed by atoms with van der Waals surface area (Å²) in [7, 11) is -4.62. The Morgan fingerprint density at radius 2 is 1.51 bits per heavy atom. The molecule has 10 heteroatoms. The van der Waals surface area contributed by atoms with E-state index in [0.717, 1.165) is 50.9 Å². The molecular weight excluding hydrogens is 786 g/mol. The van der Waals surface area contributed by atoms with Gasteiger partial charge in [-0.05, 0) is 160 Å². The zero-order chi connectivity index (χ0) is 44.2. The fourth-order valence-electron chi connectivity index (χ4n) is 14.0. The summed E-state index contributed by atoms with van der Waals surface area (Å²) < 4.78 is 23.3. The van der Waals surface area contributed by atoms with Crippen LogP contribution in [0.2, 0.25) is 0 Å². The summed E-state index contributed by atoms with van der Waals surface area (Å²) in [4.78, 5) is 48.3. The lowest BCUT2D eigenvalue weighted by Crippen LogP contribution is -2.66. The molecule has 0 aromatic heterocycles. The largest absolute Gasteiger partial charge is 0.492 e. The Bertz CT molecular complexity index is 2010. The molecule has 2 aromatic carbocycles. The van der Waals surface area contributed by atoms with E-state index in [0.29, 0.717) is 31.7 Å². The third-order valence-electron chi connectivity index (χ3n) is 18.0. The van der Waals surface area contributed by atoms with Gasteiger partial charge < -0.3 is 19.6 Å². The summed E-state index contributed by atoms with van der Waals surface area (Å²) >= 11 is 0. The predicted molar refractivity (Wildman–Crippen MR) is 240 cm³/mol. The summed E-state index contributed by atoms with van der Waals surface area (Å²) in [5, 5.41) is 10.1. The molecule has 5 fully saturated rings. The van der Waals surface area contributed by atoms with E-state index in [-0.39, 0.29) is 45.2 Å².